The van der Waals surface area contributed by atoms with E-state index in [4.69, 9.17) is 0 Å². The number of aliphatic imine (C=N–C) groups is 1. The van der Waals surface area contributed by atoms with Crippen molar-refractivity contribution in [2.24, 2.45) is 4.99 Å². The van der Waals surface area contributed by atoms with Crippen LogP contribution in [-0.2, 0) is 13.1 Å². The highest BCUT2D eigenvalue weighted by Gasteiger charge is 2.03. The number of hydrogen-bond donors (Lipinski definition) is 2. The van der Waals surface area contributed by atoms with Gasteiger partial charge in [-0.15, -0.1) is 24.0 Å². The molecule has 3 rings (SSSR count). The van der Waals surface area contributed by atoms with Gasteiger partial charge in [0.1, 0.15) is 5.82 Å². The Morgan fingerprint density at radius 1 is 1.07 bits per heavy atom. The summed E-state index contributed by atoms with van der Waals surface area (Å²) in [5.74, 6) is 0.504. The molecule has 0 saturated carbocycles. The molecule has 0 spiro atoms. The monoisotopic (exact) mass is 479 g/mol. The topological polar surface area (TPSA) is 54.2 Å². The predicted molar refractivity (Wildman–Crippen MR) is 117 cm³/mol. The normalized spacial score (nSPS) is 11.0. The molecule has 2 N–H and O–H groups in total. The Bertz CT molecular complexity index is 893. The first-order chi connectivity index (χ1) is 12.7. The van der Waals surface area contributed by atoms with Gasteiger partial charge in [-0.2, -0.15) is 5.10 Å². The van der Waals surface area contributed by atoms with Crippen molar-refractivity contribution < 1.29 is 4.39 Å². The highest BCUT2D eigenvalue weighted by molar-refractivity contribution is 14.0. The SMILES string of the molecule is CN=C(NCc1cccc(-n2cccn2)c1)NCc1ccc(F)c(C)c1.I. The van der Waals surface area contributed by atoms with E-state index in [0.717, 1.165) is 16.8 Å². The maximum atomic E-state index is 13.3. The number of benzene rings is 2. The van der Waals surface area contributed by atoms with Gasteiger partial charge < -0.3 is 10.6 Å². The predicted octanol–water partition coefficient (Wildman–Crippen LogP) is 3.80. The molecule has 27 heavy (non-hydrogen) atoms. The number of aromatic nitrogens is 2. The lowest BCUT2D eigenvalue weighted by molar-refractivity contribution is 0.617. The Hall–Kier alpha value is -2.42. The van der Waals surface area contributed by atoms with Gasteiger partial charge in [-0.25, -0.2) is 9.07 Å². The molecule has 0 radical (unpaired) electrons. The van der Waals surface area contributed by atoms with Crippen molar-refractivity contribution in [3.8, 4) is 5.69 Å². The zero-order valence-corrected chi connectivity index (χ0v) is 17.6. The molecule has 0 aliphatic rings. The van der Waals surface area contributed by atoms with Crippen molar-refractivity contribution in [3.05, 3.63) is 83.4 Å². The van der Waals surface area contributed by atoms with Gasteiger partial charge in [0.2, 0.25) is 0 Å². The third-order valence-electron chi connectivity index (χ3n) is 4.05. The van der Waals surface area contributed by atoms with Crippen molar-refractivity contribution in [1.82, 2.24) is 20.4 Å². The molecule has 0 unspecified atom stereocenters. The number of aryl methyl sites for hydroxylation is 1. The second-order valence-corrected chi connectivity index (χ2v) is 5.98. The van der Waals surface area contributed by atoms with Crippen molar-refractivity contribution in [2.75, 3.05) is 7.05 Å². The van der Waals surface area contributed by atoms with E-state index >= 15 is 0 Å². The minimum Gasteiger partial charge on any atom is -0.352 e. The van der Waals surface area contributed by atoms with E-state index in [1.807, 2.05) is 35.1 Å². The van der Waals surface area contributed by atoms with Gasteiger partial charge in [0, 0.05) is 32.5 Å². The van der Waals surface area contributed by atoms with Crippen LogP contribution in [0.1, 0.15) is 16.7 Å². The van der Waals surface area contributed by atoms with Gasteiger partial charge in [0.05, 0.1) is 5.69 Å². The Labute approximate surface area is 175 Å². The third kappa shape index (κ3) is 5.78. The number of halogens is 2. The van der Waals surface area contributed by atoms with Crippen molar-refractivity contribution in [1.29, 1.82) is 0 Å². The van der Waals surface area contributed by atoms with E-state index in [2.05, 4.69) is 32.9 Å². The molecule has 5 nitrogen and oxygen atoms in total. The Morgan fingerprint density at radius 2 is 1.81 bits per heavy atom. The van der Waals surface area contributed by atoms with E-state index in [1.54, 1.807) is 26.2 Å². The molecule has 0 bridgehead atoms. The molecule has 0 aliphatic carbocycles. The number of guanidine groups is 1. The fourth-order valence-corrected chi connectivity index (χ4v) is 2.64. The van der Waals surface area contributed by atoms with Crippen LogP contribution in [0.25, 0.3) is 5.69 Å². The Balaban J connectivity index is 0.00000261. The van der Waals surface area contributed by atoms with E-state index < -0.39 is 0 Å². The summed E-state index contributed by atoms with van der Waals surface area (Å²) in [6.45, 7) is 2.98. The van der Waals surface area contributed by atoms with Crippen molar-refractivity contribution in [3.63, 3.8) is 0 Å². The molecule has 3 aromatic rings. The van der Waals surface area contributed by atoms with E-state index in [9.17, 15) is 4.39 Å². The first-order valence-electron chi connectivity index (χ1n) is 8.44. The Kier molecular flexibility index (Phi) is 7.78. The van der Waals surface area contributed by atoms with Crippen molar-refractivity contribution >= 4 is 29.9 Å². The molecule has 0 fully saturated rings. The molecular weight excluding hydrogens is 456 g/mol. The van der Waals surface area contributed by atoms with Crippen molar-refractivity contribution in [2.45, 2.75) is 20.0 Å². The van der Waals surface area contributed by atoms with Crippen LogP contribution in [0.5, 0.6) is 0 Å². The lowest BCUT2D eigenvalue weighted by Gasteiger charge is -2.13. The zero-order chi connectivity index (χ0) is 18.4. The molecule has 2 aromatic carbocycles. The summed E-state index contributed by atoms with van der Waals surface area (Å²) in [6.07, 6.45) is 3.67. The van der Waals surface area contributed by atoms with Crippen LogP contribution in [0.4, 0.5) is 4.39 Å². The quantitative estimate of drug-likeness (QED) is 0.333. The summed E-state index contributed by atoms with van der Waals surface area (Å²) in [5, 5.41) is 10.8. The smallest absolute Gasteiger partial charge is 0.191 e. The van der Waals surface area contributed by atoms with E-state index in [-0.39, 0.29) is 29.8 Å². The van der Waals surface area contributed by atoms with Gasteiger partial charge >= 0.3 is 0 Å². The summed E-state index contributed by atoms with van der Waals surface area (Å²) in [7, 11) is 1.73. The highest BCUT2D eigenvalue weighted by atomic mass is 127. The first-order valence-corrected chi connectivity index (χ1v) is 8.44. The van der Waals surface area contributed by atoms with Gasteiger partial charge in [-0.3, -0.25) is 4.99 Å². The van der Waals surface area contributed by atoms with Crippen LogP contribution in [-0.4, -0.2) is 22.8 Å². The molecular formula is C20H23FIN5. The van der Waals surface area contributed by atoms with Gasteiger partial charge in [-0.05, 0) is 47.9 Å². The maximum absolute atomic E-state index is 13.3. The number of hydrogen-bond acceptors (Lipinski definition) is 2. The van der Waals surface area contributed by atoms with Crippen LogP contribution in [0.3, 0.4) is 0 Å². The molecule has 0 atom stereocenters. The summed E-state index contributed by atoms with van der Waals surface area (Å²) in [4.78, 5) is 4.23. The minimum atomic E-state index is -0.187. The van der Waals surface area contributed by atoms with E-state index in [0.29, 0.717) is 24.6 Å². The number of nitrogens with zero attached hydrogens (tertiary/aromatic N) is 3. The molecule has 0 saturated heterocycles. The number of nitrogens with one attached hydrogen (secondary N) is 2. The van der Waals surface area contributed by atoms with Gasteiger partial charge in [0.25, 0.3) is 0 Å². The van der Waals surface area contributed by atoms with Gasteiger partial charge in [-0.1, -0.05) is 24.3 Å². The molecule has 7 heteroatoms. The molecule has 142 valence electrons. The lowest BCUT2D eigenvalue weighted by Crippen LogP contribution is -2.36. The van der Waals surface area contributed by atoms with Crippen LogP contribution >= 0.6 is 24.0 Å². The van der Waals surface area contributed by atoms with Crippen LogP contribution in [0.15, 0.2) is 65.9 Å². The summed E-state index contributed by atoms with van der Waals surface area (Å²) >= 11 is 0. The van der Waals surface area contributed by atoms with Gasteiger partial charge in [0.15, 0.2) is 5.96 Å². The summed E-state index contributed by atoms with van der Waals surface area (Å²) < 4.78 is 15.2. The van der Waals surface area contributed by atoms with Crippen LogP contribution < -0.4 is 10.6 Å². The summed E-state index contributed by atoms with van der Waals surface area (Å²) in [5.41, 5.74) is 3.79. The standard InChI is InChI=1S/C20H22FN5.HI/c1-15-11-17(7-8-19(15)21)14-24-20(22-2)23-13-16-5-3-6-18(12-16)26-10-4-9-25-26;/h3-12H,13-14H2,1-2H3,(H2,22,23,24);1H. The average molecular weight is 479 g/mol. The second-order valence-electron chi connectivity index (χ2n) is 5.98. The summed E-state index contributed by atoms with van der Waals surface area (Å²) in [6, 6.07) is 15.1. The fraction of sp³-hybridized carbons (Fsp3) is 0.200. The highest BCUT2D eigenvalue weighted by Crippen LogP contribution is 2.10. The van der Waals surface area contributed by atoms with Crippen LogP contribution in [0.2, 0.25) is 0 Å². The largest absolute Gasteiger partial charge is 0.352 e. The average Bonchev–Trinajstić information content (AvgIpc) is 3.20. The zero-order valence-electron chi connectivity index (χ0n) is 15.3. The minimum absolute atomic E-state index is 0. The second kappa shape index (κ2) is 10.1. The fourth-order valence-electron chi connectivity index (χ4n) is 2.64. The Morgan fingerprint density at radius 3 is 2.44 bits per heavy atom. The first kappa shape index (κ1) is 20.9. The third-order valence-corrected chi connectivity index (χ3v) is 4.05. The molecule has 1 heterocycles. The molecule has 0 amide bonds. The molecule has 0 aliphatic heterocycles. The lowest BCUT2D eigenvalue weighted by atomic mass is 10.1. The number of rotatable bonds is 5. The van der Waals surface area contributed by atoms with E-state index in [1.165, 1.54) is 6.07 Å². The molecule has 1 aromatic heterocycles. The maximum Gasteiger partial charge on any atom is 0.191 e. The van der Waals surface area contributed by atoms with Crippen LogP contribution in [0, 0.1) is 12.7 Å².